The fourth-order valence-electron chi connectivity index (χ4n) is 2.71. The van der Waals surface area contributed by atoms with Crippen molar-refractivity contribution in [2.45, 2.75) is 45.6 Å². The summed E-state index contributed by atoms with van der Waals surface area (Å²) in [4.78, 5) is 23.4. The highest BCUT2D eigenvalue weighted by Gasteiger charge is 2.20. The summed E-state index contributed by atoms with van der Waals surface area (Å²) < 4.78 is 10.3. The molecule has 0 bridgehead atoms. The molecule has 0 atom stereocenters. The third-order valence-corrected chi connectivity index (χ3v) is 4.09. The van der Waals surface area contributed by atoms with Crippen LogP contribution >= 0.6 is 0 Å². The normalized spacial score (nSPS) is 20.6. The van der Waals surface area contributed by atoms with Gasteiger partial charge in [-0.05, 0) is 56.2 Å². The van der Waals surface area contributed by atoms with E-state index in [1.165, 1.54) is 0 Å². The van der Waals surface area contributed by atoms with Crippen molar-refractivity contribution in [3.63, 3.8) is 0 Å². The van der Waals surface area contributed by atoms with E-state index in [2.05, 4.69) is 12.2 Å². The summed E-state index contributed by atoms with van der Waals surface area (Å²) >= 11 is 0. The minimum absolute atomic E-state index is 0.197. The highest BCUT2D eigenvalue weighted by Crippen LogP contribution is 2.23. The molecule has 1 aliphatic carbocycles. The maximum absolute atomic E-state index is 11.8. The molecule has 1 N–H and O–H groups in total. The van der Waals surface area contributed by atoms with E-state index in [9.17, 15) is 9.59 Å². The minimum atomic E-state index is -0.543. The lowest BCUT2D eigenvalue weighted by Gasteiger charge is -2.26. The largest absolute Gasteiger partial charge is 0.482 e. The molecule has 1 aromatic rings. The molecule has 0 unspecified atom stereocenters. The Morgan fingerprint density at radius 1 is 1.17 bits per heavy atom. The van der Waals surface area contributed by atoms with Gasteiger partial charge in [0.15, 0.2) is 13.2 Å². The van der Waals surface area contributed by atoms with Crippen molar-refractivity contribution < 1.29 is 19.1 Å². The quantitative estimate of drug-likeness (QED) is 0.819. The second-order valence-corrected chi connectivity index (χ2v) is 6.29. The molecule has 0 saturated heterocycles. The molecule has 0 aromatic heterocycles. The van der Waals surface area contributed by atoms with Gasteiger partial charge in [0, 0.05) is 6.04 Å². The lowest BCUT2D eigenvalue weighted by molar-refractivity contribution is -0.150. The van der Waals surface area contributed by atoms with E-state index in [0.29, 0.717) is 5.75 Å². The van der Waals surface area contributed by atoms with Crippen LogP contribution in [-0.2, 0) is 14.3 Å². The number of aryl methyl sites for hydroxylation is 1. The number of carbonyl (C=O) groups excluding carboxylic acids is 2. The number of benzene rings is 1. The van der Waals surface area contributed by atoms with Gasteiger partial charge < -0.3 is 14.8 Å². The van der Waals surface area contributed by atoms with Crippen LogP contribution in [0.15, 0.2) is 24.3 Å². The number of amides is 1. The zero-order valence-electron chi connectivity index (χ0n) is 13.8. The van der Waals surface area contributed by atoms with Gasteiger partial charge in [0.1, 0.15) is 5.75 Å². The zero-order valence-corrected chi connectivity index (χ0v) is 13.8. The lowest BCUT2D eigenvalue weighted by Crippen LogP contribution is -2.39. The van der Waals surface area contributed by atoms with Crippen LogP contribution in [0.4, 0.5) is 0 Å². The Hall–Kier alpha value is -2.04. The first-order valence-corrected chi connectivity index (χ1v) is 8.17. The molecule has 5 heteroatoms. The predicted octanol–water partition coefficient (Wildman–Crippen LogP) is 2.61. The molecule has 2 rings (SSSR count). The average Bonchev–Trinajstić information content (AvgIpc) is 2.53. The third-order valence-electron chi connectivity index (χ3n) is 4.09. The molecule has 5 nitrogen and oxygen atoms in total. The van der Waals surface area contributed by atoms with Gasteiger partial charge in [-0.3, -0.25) is 4.79 Å². The minimum Gasteiger partial charge on any atom is -0.482 e. The zero-order chi connectivity index (χ0) is 16.7. The first-order valence-electron chi connectivity index (χ1n) is 8.17. The topological polar surface area (TPSA) is 64.6 Å². The monoisotopic (exact) mass is 319 g/mol. The van der Waals surface area contributed by atoms with Crippen LogP contribution in [0.3, 0.4) is 0 Å². The van der Waals surface area contributed by atoms with Crippen LogP contribution in [0.5, 0.6) is 5.75 Å². The second kappa shape index (κ2) is 8.56. The van der Waals surface area contributed by atoms with Gasteiger partial charge in [-0.25, -0.2) is 4.79 Å². The fourth-order valence-corrected chi connectivity index (χ4v) is 2.71. The summed E-state index contributed by atoms with van der Waals surface area (Å²) in [6, 6.07) is 7.62. The van der Waals surface area contributed by atoms with Crippen LogP contribution in [-0.4, -0.2) is 31.1 Å². The van der Waals surface area contributed by atoms with Crippen molar-refractivity contribution in [2.75, 3.05) is 13.2 Å². The van der Waals surface area contributed by atoms with Crippen molar-refractivity contribution in [1.29, 1.82) is 0 Å². The summed E-state index contributed by atoms with van der Waals surface area (Å²) in [5.41, 5.74) is 1.05. The van der Waals surface area contributed by atoms with Crippen LogP contribution < -0.4 is 10.1 Å². The molecule has 0 heterocycles. The van der Waals surface area contributed by atoms with E-state index < -0.39 is 5.97 Å². The molecule has 0 radical (unpaired) electrons. The number of hydrogen-bond donors (Lipinski definition) is 1. The maximum Gasteiger partial charge on any atom is 0.344 e. The van der Waals surface area contributed by atoms with Gasteiger partial charge >= 0.3 is 5.97 Å². The standard InChI is InChI=1S/C18H25NO4/c1-13-6-8-15(9-7-13)19-17(20)11-23-18(21)12-22-16-5-3-4-14(2)10-16/h3-5,10,13,15H,6-9,11-12H2,1-2H3,(H,19,20). The molecular weight excluding hydrogens is 294 g/mol. The SMILES string of the molecule is Cc1cccc(OCC(=O)OCC(=O)NC2CCC(C)CC2)c1. The van der Waals surface area contributed by atoms with Crippen molar-refractivity contribution in [1.82, 2.24) is 5.32 Å². The Kier molecular flexibility index (Phi) is 6.44. The molecule has 0 aliphatic heterocycles. The van der Waals surface area contributed by atoms with Crippen LogP contribution in [0.1, 0.15) is 38.2 Å². The molecule has 0 spiro atoms. The maximum atomic E-state index is 11.8. The van der Waals surface area contributed by atoms with Gasteiger partial charge in [0.05, 0.1) is 0 Å². The number of nitrogens with one attached hydrogen (secondary N) is 1. The molecule has 1 amide bonds. The van der Waals surface area contributed by atoms with Gasteiger partial charge in [0.2, 0.25) is 0 Å². The molecule has 1 saturated carbocycles. The van der Waals surface area contributed by atoms with E-state index >= 15 is 0 Å². The average molecular weight is 319 g/mol. The van der Waals surface area contributed by atoms with Gasteiger partial charge in [-0.1, -0.05) is 19.1 Å². The van der Waals surface area contributed by atoms with Crippen LogP contribution in [0.2, 0.25) is 0 Å². The van der Waals surface area contributed by atoms with Gasteiger partial charge in [-0.2, -0.15) is 0 Å². The van der Waals surface area contributed by atoms with Crippen LogP contribution in [0, 0.1) is 12.8 Å². The number of carbonyl (C=O) groups is 2. The highest BCUT2D eigenvalue weighted by molar-refractivity contribution is 5.81. The van der Waals surface area contributed by atoms with E-state index in [1.807, 2.05) is 25.1 Å². The molecule has 23 heavy (non-hydrogen) atoms. The van der Waals surface area contributed by atoms with E-state index in [-0.39, 0.29) is 25.2 Å². The molecule has 1 aliphatic rings. The summed E-state index contributed by atoms with van der Waals surface area (Å²) in [5, 5.41) is 2.92. The number of hydrogen-bond acceptors (Lipinski definition) is 4. The smallest absolute Gasteiger partial charge is 0.344 e. The Labute approximate surface area is 137 Å². The highest BCUT2D eigenvalue weighted by atomic mass is 16.6. The molecular formula is C18H25NO4. The Bertz CT molecular complexity index is 536. The van der Waals surface area contributed by atoms with Crippen molar-refractivity contribution in [3.8, 4) is 5.75 Å². The summed E-state index contributed by atoms with van der Waals surface area (Å²) in [6.45, 7) is 3.73. The number of esters is 1. The first-order chi connectivity index (χ1) is 11.0. The lowest BCUT2D eigenvalue weighted by atomic mass is 9.87. The van der Waals surface area contributed by atoms with Crippen molar-refractivity contribution in [2.24, 2.45) is 5.92 Å². The molecule has 126 valence electrons. The van der Waals surface area contributed by atoms with Gasteiger partial charge in [-0.15, -0.1) is 0 Å². The Morgan fingerprint density at radius 3 is 2.61 bits per heavy atom. The van der Waals surface area contributed by atoms with Crippen LogP contribution in [0.25, 0.3) is 0 Å². The van der Waals surface area contributed by atoms with E-state index in [0.717, 1.165) is 37.2 Å². The fraction of sp³-hybridized carbons (Fsp3) is 0.556. The predicted molar refractivity (Wildman–Crippen MR) is 87.2 cm³/mol. The number of rotatable bonds is 6. The van der Waals surface area contributed by atoms with Gasteiger partial charge in [0.25, 0.3) is 5.91 Å². The summed E-state index contributed by atoms with van der Waals surface area (Å²) in [7, 11) is 0. The van der Waals surface area contributed by atoms with E-state index in [4.69, 9.17) is 9.47 Å². The van der Waals surface area contributed by atoms with E-state index in [1.54, 1.807) is 6.07 Å². The van der Waals surface area contributed by atoms with Crippen molar-refractivity contribution in [3.05, 3.63) is 29.8 Å². The first kappa shape index (κ1) is 17.3. The van der Waals surface area contributed by atoms with Crippen molar-refractivity contribution >= 4 is 11.9 Å². The Balaban J connectivity index is 1.63. The molecule has 1 fully saturated rings. The summed E-state index contributed by atoms with van der Waals surface area (Å²) in [6.07, 6.45) is 4.26. The molecule has 1 aromatic carbocycles. The number of ether oxygens (including phenoxy) is 2. The summed E-state index contributed by atoms with van der Waals surface area (Å²) in [5.74, 6) is 0.565. The third kappa shape index (κ3) is 6.30. The second-order valence-electron chi connectivity index (χ2n) is 6.29. The Morgan fingerprint density at radius 2 is 1.91 bits per heavy atom.